The number of urea groups is 1. The molecule has 2 aliphatic rings. The molecule has 152 valence electrons. The van der Waals surface area contributed by atoms with Crippen molar-refractivity contribution in [3.05, 3.63) is 23.0 Å². The Bertz CT molecular complexity index is 965. The molecule has 1 aromatic rings. The highest BCUT2D eigenvalue weighted by Crippen LogP contribution is 2.39. The van der Waals surface area contributed by atoms with Gasteiger partial charge >= 0.3 is 6.03 Å². The van der Waals surface area contributed by atoms with Gasteiger partial charge in [-0.3, -0.25) is 9.59 Å². The third-order valence-electron chi connectivity index (χ3n) is 4.37. The largest absolute Gasteiger partial charge is 0.332 e. The topological polar surface area (TPSA) is 95.1 Å². The van der Waals surface area contributed by atoms with Gasteiger partial charge in [-0.15, -0.1) is 23.2 Å². The average Bonchev–Trinajstić information content (AvgIpc) is 3.08. The molecule has 0 N–H and O–H groups in total. The summed E-state index contributed by atoms with van der Waals surface area (Å²) in [4.78, 5) is 39.0. The van der Waals surface area contributed by atoms with E-state index in [4.69, 9.17) is 34.8 Å². The summed E-state index contributed by atoms with van der Waals surface area (Å²) >= 11 is 17.3. The second-order valence-electron chi connectivity index (χ2n) is 6.22. The van der Waals surface area contributed by atoms with Crippen molar-refractivity contribution < 1.29 is 27.2 Å². The summed E-state index contributed by atoms with van der Waals surface area (Å²) in [7, 11) is -4.31. The molecule has 2 unspecified atom stereocenters. The van der Waals surface area contributed by atoms with Crippen LogP contribution in [-0.4, -0.2) is 54.3 Å². The molecule has 1 aromatic carbocycles. The minimum absolute atomic E-state index is 0.121. The molecule has 2 fully saturated rings. The van der Waals surface area contributed by atoms with Crippen LogP contribution in [0.5, 0.6) is 0 Å². The van der Waals surface area contributed by atoms with E-state index in [-0.39, 0.29) is 13.0 Å². The van der Waals surface area contributed by atoms with E-state index in [1.54, 1.807) is 0 Å². The fourth-order valence-corrected chi connectivity index (χ4v) is 5.08. The first-order chi connectivity index (χ1) is 13.0. The summed E-state index contributed by atoms with van der Waals surface area (Å²) in [6.07, 6.45) is 0.213. The van der Waals surface area contributed by atoms with E-state index < -0.39 is 66.7 Å². The van der Waals surface area contributed by atoms with Crippen LogP contribution in [-0.2, 0) is 19.6 Å². The highest BCUT2D eigenvalue weighted by Gasteiger charge is 2.51. The lowest BCUT2D eigenvalue weighted by Crippen LogP contribution is -2.37. The van der Waals surface area contributed by atoms with Crippen molar-refractivity contribution in [3.63, 3.8) is 0 Å². The second kappa shape index (κ2) is 7.33. The maximum absolute atomic E-state index is 14.6. The number of nitrogens with zero attached hydrogens (tertiary/aromatic N) is 3. The van der Waals surface area contributed by atoms with E-state index in [0.29, 0.717) is 9.21 Å². The van der Waals surface area contributed by atoms with Gasteiger partial charge in [0.1, 0.15) is 17.1 Å². The molecule has 2 aliphatic heterocycles. The monoisotopic (exact) mass is 471 g/mol. The first-order valence-electron chi connectivity index (χ1n) is 7.86. The zero-order chi connectivity index (χ0) is 21.0. The van der Waals surface area contributed by atoms with Crippen molar-refractivity contribution in [2.45, 2.75) is 24.8 Å². The Morgan fingerprint density at radius 1 is 1.36 bits per heavy atom. The Balaban J connectivity index is 2.12. The first kappa shape index (κ1) is 21.1. The minimum atomic E-state index is -4.31. The number of halogens is 4. The summed E-state index contributed by atoms with van der Waals surface area (Å²) in [5.74, 6) is -2.69. The summed E-state index contributed by atoms with van der Waals surface area (Å²) in [6.45, 7) is 1.07. The number of carbonyl (C=O) groups is 3. The fraction of sp³-hybridized carbons (Fsp3) is 0.400. The third kappa shape index (κ3) is 3.32. The molecule has 0 bridgehead atoms. The van der Waals surface area contributed by atoms with Crippen LogP contribution in [0.3, 0.4) is 0 Å². The number of amides is 4. The van der Waals surface area contributed by atoms with Gasteiger partial charge < -0.3 is 4.90 Å². The number of alkyl halides is 2. The Kier molecular flexibility index (Phi) is 5.52. The van der Waals surface area contributed by atoms with Crippen LogP contribution >= 0.6 is 34.8 Å². The van der Waals surface area contributed by atoms with Crippen LogP contribution in [0, 0.1) is 5.82 Å². The van der Waals surface area contributed by atoms with Crippen molar-refractivity contribution >= 4 is 74.0 Å². The molecule has 4 amide bonds. The number of rotatable bonds is 4. The highest BCUT2D eigenvalue weighted by atomic mass is 35.5. The molecule has 8 nitrogen and oxygen atoms in total. The molecule has 28 heavy (non-hydrogen) atoms. The summed E-state index contributed by atoms with van der Waals surface area (Å²) in [6, 6.07) is -0.0385. The van der Waals surface area contributed by atoms with Gasteiger partial charge in [-0.2, -0.15) is 0 Å². The first-order valence-corrected chi connectivity index (χ1v) is 10.8. The van der Waals surface area contributed by atoms with Crippen LogP contribution < -0.4 is 9.21 Å². The molecular weight excluding hydrogens is 460 g/mol. The molecule has 0 aromatic heterocycles. The van der Waals surface area contributed by atoms with Crippen LogP contribution in [0.15, 0.2) is 12.1 Å². The number of carbonyl (C=O) groups excluding carboxylic acids is 3. The van der Waals surface area contributed by atoms with E-state index >= 15 is 0 Å². The normalized spacial score (nSPS) is 22.0. The molecule has 2 heterocycles. The van der Waals surface area contributed by atoms with Crippen molar-refractivity contribution in [2.24, 2.45) is 0 Å². The van der Waals surface area contributed by atoms with Gasteiger partial charge in [0.15, 0.2) is 0 Å². The van der Waals surface area contributed by atoms with Crippen molar-refractivity contribution in [2.75, 3.05) is 21.0 Å². The molecule has 13 heteroatoms. The maximum atomic E-state index is 14.6. The molecule has 0 spiro atoms. The van der Waals surface area contributed by atoms with E-state index in [9.17, 15) is 27.2 Å². The average molecular weight is 473 g/mol. The van der Waals surface area contributed by atoms with Gasteiger partial charge in [0, 0.05) is 13.5 Å². The van der Waals surface area contributed by atoms with E-state index in [0.717, 1.165) is 19.1 Å². The van der Waals surface area contributed by atoms with E-state index in [1.807, 2.05) is 0 Å². The summed E-state index contributed by atoms with van der Waals surface area (Å²) < 4.78 is 39.2. The summed E-state index contributed by atoms with van der Waals surface area (Å²) in [5, 5.41) is -1.75. The molecule has 0 radical (unpaired) electrons. The zero-order valence-electron chi connectivity index (χ0n) is 14.2. The number of benzene rings is 1. The number of imide groups is 1. The van der Waals surface area contributed by atoms with Gasteiger partial charge in [-0.1, -0.05) is 11.6 Å². The van der Waals surface area contributed by atoms with Gasteiger partial charge in [0.05, 0.1) is 21.8 Å². The fourth-order valence-electron chi connectivity index (χ4n) is 3.24. The molecule has 0 aliphatic carbocycles. The second-order valence-corrected chi connectivity index (χ2v) is 9.64. The summed E-state index contributed by atoms with van der Waals surface area (Å²) in [5.41, 5.74) is -0.944. The van der Waals surface area contributed by atoms with Gasteiger partial charge in [-0.05, 0) is 18.6 Å². The molecule has 3 rings (SSSR count). The quantitative estimate of drug-likeness (QED) is 0.496. The van der Waals surface area contributed by atoms with E-state index in [2.05, 4.69) is 0 Å². The van der Waals surface area contributed by atoms with Gasteiger partial charge in [0.25, 0.3) is 15.9 Å². The number of fused-ring (bicyclic) bond motifs is 1. The van der Waals surface area contributed by atoms with Crippen molar-refractivity contribution in [3.8, 4) is 0 Å². The van der Waals surface area contributed by atoms with Crippen LogP contribution in [0.1, 0.15) is 13.3 Å². The standard InChI is InChI=1S/C15H13Cl3FN3O5S/c1-7(23)22(28(26,27)6-16)11-4-12(10(19)3-9(11)18)21-14(24)13-2-8(17)5-20(13)15(21)25/h3-4,8,13H,2,5-6H2,1H3. The van der Waals surface area contributed by atoms with Crippen molar-refractivity contribution in [1.29, 1.82) is 0 Å². The Morgan fingerprint density at radius 2 is 2.00 bits per heavy atom. The van der Waals surface area contributed by atoms with Crippen molar-refractivity contribution in [1.82, 2.24) is 4.90 Å². The Morgan fingerprint density at radius 3 is 2.54 bits per heavy atom. The Labute approximate surface area is 174 Å². The van der Waals surface area contributed by atoms with Crippen LogP contribution in [0.4, 0.5) is 20.6 Å². The molecular formula is C15H13Cl3FN3O5S. The van der Waals surface area contributed by atoms with E-state index in [1.165, 1.54) is 4.90 Å². The maximum Gasteiger partial charge on any atom is 0.332 e. The SMILES string of the molecule is CC(=O)N(c1cc(N2C(=O)C3CC(Cl)CN3C2=O)c(F)cc1Cl)S(=O)(=O)CCl. The molecule has 2 saturated heterocycles. The third-order valence-corrected chi connectivity index (χ3v) is 7.10. The van der Waals surface area contributed by atoms with Gasteiger partial charge in [0.2, 0.25) is 5.91 Å². The lowest BCUT2D eigenvalue weighted by Gasteiger charge is -2.23. The van der Waals surface area contributed by atoms with Gasteiger partial charge in [-0.25, -0.2) is 26.8 Å². The smallest absolute Gasteiger partial charge is 0.310 e. The minimum Gasteiger partial charge on any atom is -0.310 e. The Hall–Kier alpha value is -1.62. The number of anilines is 2. The predicted octanol–water partition coefficient (Wildman–Crippen LogP) is 2.51. The number of sulfonamides is 1. The highest BCUT2D eigenvalue weighted by molar-refractivity contribution is 7.94. The lowest BCUT2D eigenvalue weighted by molar-refractivity contribution is -0.119. The lowest BCUT2D eigenvalue weighted by atomic mass is 10.2. The predicted molar refractivity (Wildman–Crippen MR) is 102 cm³/mol. The zero-order valence-corrected chi connectivity index (χ0v) is 17.3. The molecule has 0 saturated carbocycles. The van der Waals surface area contributed by atoms with Crippen LogP contribution in [0.2, 0.25) is 5.02 Å². The van der Waals surface area contributed by atoms with Crippen LogP contribution in [0.25, 0.3) is 0 Å². The number of hydrogen-bond donors (Lipinski definition) is 0. The molecule has 2 atom stereocenters. The number of hydrogen-bond acceptors (Lipinski definition) is 5.